The second-order valence-corrected chi connectivity index (χ2v) is 11.1. The second kappa shape index (κ2) is 8.58. The molecule has 0 bridgehead atoms. The summed E-state index contributed by atoms with van der Waals surface area (Å²) in [5.74, 6) is 0. The van der Waals surface area contributed by atoms with E-state index in [0.717, 1.165) is 22.3 Å². The topological polar surface area (TPSA) is 107 Å². The molecule has 1 aliphatic rings. The molecular weight excluding hydrogens is 442 g/mol. The number of amides is 1. The normalized spacial score (nSPS) is 14.9. The number of aromatic nitrogens is 4. The van der Waals surface area contributed by atoms with Gasteiger partial charge in [-0.3, -0.25) is 9.97 Å². The Labute approximate surface area is 193 Å². The highest BCUT2D eigenvalue weighted by molar-refractivity contribution is 7.90. The van der Waals surface area contributed by atoms with Gasteiger partial charge < -0.3 is 14.2 Å². The first-order chi connectivity index (χ1) is 15.5. The molecule has 4 rings (SSSR count). The van der Waals surface area contributed by atoms with Crippen molar-refractivity contribution in [2.24, 2.45) is 0 Å². The molecule has 0 atom stereocenters. The van der Waals surface area contributed by atoms with Crippen molar-refractivity contribution in [3.63, 3.8) is 0 Å². The van der Waals surface area contributed by atoms with Crippen molar-refractivity contribution in [2.45, 2.75) is 44.2 Å². The van der Waals surface area contributed by atoms with Crippen LogP contribution in [-0.2, 0) is 21.1 Å². The van der Waals surface area contributed by atoms with Crippen LogP contribution in [0.15, 0.2) is 47.9 Å². The number of ether oxygens (including phenoxy) is 1. The van der Waals surface area contributed by atoms with Gasteiger partial charge in [0.2, 0.25) is 0 Å². The first-order valence-corrected chi connectivity index (χ1v) is 12.5. The van der Waals surface area contributed by atoms with Gasteiger partial charge in [-0.1, -0.05) is 6.08 Å². The molecule has 4 heterocycles. The highest BCUT2D eigenvalue weighted by Crippen LogP contribution is 2.22. The van der Waals surface area contributed by atoms with E-state index in [-0.39, 0.29) is 11.0 Å². The Bertz CT molecular complexity index is 1320. The van der Waals surface area contributed by atoms with Crippen LogP contribution in [0.5, 0.6) is 0 Å². The summed E-state index contributed by atoms with van der Waals surface area (Å²) in [4.78, 5) is 27.5. The molecule has 33 heavy (non-hydrogen) atoms. The lowest BCUT2D eigenvalue weighted by molar-refractivity contribution is 0.0270. The number of rotatable bonds is 4. The Balaban J connectivity index is 1.44. The fraction of sp³-hybridized carbons (Fsp3) is 0.391. The number of sulfone groups is 1. The van der Waals surface area contributed by atoms with E-state index in [1.807, 2.05) is 43.7 Å². The smallest absolute Gasteiger partial charge is 0.410 e. The minimum Gasteiger partial charge on any atom is -0.444 e. The molecule has 0 N–H and O–H groups in total. The zero-order chi connectivity index (χ0) is 23.8. The first kappa shape index (κ1) is 22.9. The van der Waals surface area contributed by atoms with E-state index in [4.69, 9.17) is 4.74 Å². The Morgan fingerprint density at radius 2 is 1.94 bits per heavy atom. The summed E-state index contributed by atoms with van der Waals surface area (Å²) in [5.41, 5.74) is 2.77. The molecule has 1 aliphatic heterocycles. The van der Waals surface area contributed by atoms with Gasteiger partial charge in [0.25, 0.3) is 0 Å². The van der Waals surface area contributed by atoms with Gasteiger partial charge in [-0.2, -0.15) is 0 Å². The highest BCUT2D eigenvalue weighted by Gasteiger charge is 2.24. The van der Waals surface area contributed by atoms with Gasteiger partial charge in [0, 0.05) is 37.1 Å². The van der Waals surface area contributed by atoms with Gasteiger partial charge in [0.15, 0.2) is 9.84 Å². The number of pyridine rings is 1. The van der Waals surface area contributed by atoms with E-state index in [1.165, 1.54) is 12.5 Å². The fourth-order valence-corrected chi connectivity index (χ4v) is 4.14. The molecule has 174 valence electrons. The zero-order valence-corrected chi connectivity index (χ0v) is 20.0. The second-order valence-electron chi connectivity index (χ2n) is 9.10. The maximum Gasteiger partial charge on any atom is 0.410 e. The lowest BCUT2D eigenvalue weighted by Gasteiger charge is -2.29. The third-order valence-corrected chi connectivity index (χ3v) is 6.31. The van der Waals surface area contributed by atoms with Gasteiger partial charge >= 0.3 is 6.09 Å². The predicted octanol–water partition coefficient (Wildman–Crippen LogP) is 3.30. The molecule has 9 nitrogen and oxygen atoms in total. The Kier molecular flexibility index (Phi) is 5.96. The Morgan fingerprint density at radius 1 is 1.15 bits per heavy atom. The lowest BCUT2D eigenvalue weighted by Crippen LogP contribution is -2.39. The van der Waals surface area contributed by atoms with E-state index < -0.39 is 15.4 Å². The minimum atomic E-state index is -3.30. The van der Waals surface area contributed by atoms with Crippen molar-refractivity contribution >= 4 is 32.5 Å². The monoisotopic (exact) mass is 469 g/mol. The van der Waals surface area contributed by atoms with Crippen molar-refractivity contribution < 1.29 is 17.9 Å². The van der Waals surface area contributed by atoms with Crippen molar-refractivity contribution in [1.29, 1.82) is 0 Å². The number of carbonyl (C=O) groups is 1. The SMILES string of the molecule is CC(C)(C)OC(=O)N1CC=C(c2cnc(Cn3ccc4cc(S(C)(=O)=O)cnc43)cn2)CC1. The highest BCUT2D eigenvalue weighted by atomic mass is 32.2. The quantitative estimate of drug-likeness (QED) is 0.577. The number of hydrogen-bond donors (Lipinski definition) is 0. The molecule has 0 fully saturated rings. The molecule has 0 saturated carbocycles. The van der Waals surface area contributed by atoms with Gasteiger partial charge in [0.05, 0.1) is 35.2 Å². The van der Waals surface area contributed by atoms with Crippen LogP contribution < -0.4 is 0 Å². The summed E-state index contributed by atoms with van der Waals surface area (Å²) in [7, 11) is -3.30. The maximum atomic E-state index is 12.2. The molecule has 0 unspecified atom stereocenters. The third-order valence-electron chi connectivity index (χ3n) is 5.23. The number of carbonyl (C=O) groups excluding carboxylic acids is 1. The fourth-order valence-electron chi connectivity index (χ4n) is 3.56. The summed E-state index contributed by atoms with van der Waals surface area (Å²) >= 11 is 0. The largest absolute Gasteiger partial charge is 0.444 e. The summed E-state index contributed by atoms with van der Waals surface area (Å²) < 4.78 is 30.8. The molecule has 10 heteroatoms. The average molecular weight is 470 g/mol. The molecule has 1 amide bonds. The minimum absolute atomic E-state index is 0.197. The van der Waals surface area contributed by atoms with Crippen molar-refractivity contribution in [3.8, 4) is 0 Å². The summed E-state index contributed by atoms with van der Waals surface area (Å²) in [6.45, 7) is 7.07. The van der Waals surface area contributed by atoms with Crippen LogP contribution in [0, 0.1) is 0 Å². The summed E-state index contributed by atoms with van der Waals surface area (Å²) in [5, 5.41) is 0.754. The maximum absolute atomic E-state index is 12.2. The molecule has 0 spiro atoms. The van der Waals surface area contributed by atoms with Crippen molar-refractivity contribution in [3.05, 3.63) is 54.4 Å². The molecule has 0 saturated heterocycles. The third kappa shape index (κ3) is 5.39. The number of nitrogens with zero attached hydrogens (tertiary/aromatic N) is 5. The molecule has 3 aromatic heterocycles. The van der Waals surface area contributed by atoms with Crippen LogP contribution in [-0.4, -0.2) is 63.9 Å². The lowest BCUT2D eigenvalue weighted by atomic mass is 10.1. The van der Waals surface area contributed by atoms with Gasteiger partial charge in [-0.15, -0.1) is 0 Å². The van der Waals surface area contributed by atoms with Crippen LogP contribution in [0.4, 0.5) is 4.79 Å². The Hall–Kier alpha value is -3.27. The molecule has 0 aliphatic carbocycles. The van der Waals surface area contributed by atoms with E-state index in [9.17, 15) is 13.2 Å². The summed E-state index contributed by atoms with van der Waals surface area (Å²) in [6, 6.07) is 3.46. The van der Waals surface area contributed by atoms with Crippen LogP contribution in [0.1, 0.15) is 38.6 Å². The van der Waals surface area contributed by atoms with E-state index in [0.29, 0.717) is 31.7 Å². The molecular formula is C23H27N5O4S. The van der Waals surface area contributed by atoms with Crippen molar-refractivity contribution in [1.82, 2.24) is 24.4 Å². The Morgan fingerprint density at radius 3 is 2.55 bits per heavy atom. The van der Waals surface area contributed by atoms with Crippen molar-refractivity contribution in [2.75, 3.05) is 19.3 Å². The molecule has 3 aromatic rings. The number of fused-ring (bicyclic) bond motifs is 1. The predicted molar refractivity (Wildman–Crippen MR) is 124 cm³/mol. The van der Waals surface area contributed by atoms with E-state index in [2.05, 4.69) is 15.0 Å². The molecule has 0 radical (unpaired) electrons. The first-order valence-electron chi connectivity index (χ1n) is 10.6. The van der Waals surface area contributed by atoms with E-state index in [1.54, 1.807) is 23.4 Å². The van der Waals surface area contributed by atoms with Crippen LogP contribution in [0.25, 0.3) is 16.6 Å². The van der Waals surface area contributed by atoms with E-state index >= 15 is 0 Å². The molecule has 0 aromatic carbocycles. The summed E-state index contributed by atoms with van der Waals surface area (Å²) in [6.07, 6.45) is 10.2. The zero-order valence-electron chi connectivity index (χ0n) is 19.1. The standard InChI is InChI=1S/C23H27N5O4S/c1-23(2,3)32-22(29)27-8-5-16(6-9-27)20-14-24-18(12-25-20)15-28-10-7-17-11-19(33(4,30)31)13-26-21(17)28/h5,7,10-14H,6,8-9,15H2,1-4H3. The number of hydrogen-bond acceptors (Lipinski definition) is 7. The van der Waals surface area contributed by atoms with Crippen LogP contribution in [0.3, 0.4) is 0 Å². The van der Waals surface area contributed by atoms with Crippen LogP contribution >= 0.6 is 0 Å². The van der Waals surface area contributed by atoms with Gasteiger partial charge in [-0.05, 0) is 44.9 Å². The van der Waals surface area contributed by atoms with Crippen LogP contribution in [0.2, 0.25) is 0 Å². The average Bonchev–Trinajstić information content (AvgIpc) is 3.15. The van der Waals surface area contributed by atoms with Gasteiger partial charge in [0.1, 0.15) is 11.2 Å². The van der Waals surface area contributed by atoms with Gasteiger partial charge in [-0.25, -0.2) is 18.2 Å².